The third kappa shape index (κ3) is 1.99. The van der Waals surface area contributed by atoms with Crippen LogP contribution in [0.1, 0.15) is 37.9 Å². The Bertz CT molecular complexity index is 583. The van der Waals surface area contributed by atoms with Gasteiger partial charge in [-0.25, -0.2) is 12.7 Å². The molecule has 1 saturated heterocycles. The summed E-state index contributed by atoms with van der Waals surface area (Å²) in [5.41, 5.74) is -0.222. The molecule has 2 heterocycles. The Balaban J connectivity index is 1.97. The minimum absolute atomic E-state index is 0.222. The van der Waals surface area contributed by atoms with Gasteiger partial charge in [-0.05, 0) is 18.8 Å². The molecule has 2 fully saturated rings. The Kier molecular flexibility index (Phi) is 2.94. The average molecular weight is 285 g/mol. The van der Waals surface area contributed by atoms with E-state index in [1.165, 1.54) is 6.26 Å². The highest BCUT2D eigenvalue weighted by molar-refractivity contribution is 7.88. The lowest BCUT2D eigenvalue weighted by atomic mass is 9.80. The molecule has 7 heteroatoms. The number of hydrogen-bond donors (Lipinski definition) is 0. The Morgan fingerprint density at radius 3 is 2.95 bits per heavy atom. The highest BCUT2D eigenvalue weighted by atomic mass is 32.2. The zero-order valence-electron chi connectivity index (χ0n) is 11.3. The first-order valence-electron chi connectivity index (χ1n) is 6.74. The van der Waals surface area contributed by atoms with Crippen LogP contribution in [0.2, 0.25) is 0 Å². The van der Waals surface area contributed by atoms with E-state index in [9.17, 15) is 8.42 Å². The largest absolute Gasteiger partial charge is 0.339 e. The van der Waals surface area contributed by atoms with Gasteiger partial charge in [0, 0.05) is 19.5 Å². The molecule has 106 valence electrons. The second-order valence-electron chi connectivity index (χ2n) is 5.67. The van der Waals surface area contributed by atoms with Gasteiger partial charge in [0.1, 0.15) is 0 Å². The first-order chi connectivity index (χ1) is 8.95. The maximum atomic E-state index is 11.8. The molecule has 0 spiro atoms. The van der Waals surface area contributed by atoms with Gasteiger partial charge in [0.05, 0.1) is 11.7 Å². The van der Waals surface area contributed by atoms with Crippen LogP contribution in [0, 0.1) is 5.92 Å². The van der Waals surface area contributed by atoms with E-state index in [-0.39, 0.29) is 5.41 Å². The van der Waals surface area contributed by atoms with Crippen LogP contribution in [0.4, 0.5) is 0 Å². The lowest BCUT2D eigenvalue weighted by Gasteiger charge is -2.24. The second kappa shape index (κ2) is 4.28. The lowest BCUT2D eigenvalue weighted by molar-refractivity contribution is 0.329. The van der Waals surface area contributed by atoms with Gasteiger partial charge in [-0.3, -0.25) is 0 Å². The Morgan fingerprint density at radius 2 is 2.32 bits per heavy atom. The van der Waals surface area contributed by atoms with Crippen molar-refractivity contribution in [2.75, 3.05) is 19.3 Å². The normalized spacial score (nSPS) is 31.8. The number of hydrogen-bond acceptors (Lipinski definition) is 5. The number of nitrogens with zero attached hydrogens (tertiary/aromatic N) is 3. The van der Waals surface area contributed by atoms with Crippen molar-refractivity contribution in [2.45, 2.75) is 38.0 Å². The van der Waals surface area contributed by atoms with Crippen molar-refractivity contribution >= 4 is 10.0 Å². The summed E-state index contributed by atoms with van der Waals surface area (Å²) in [4.78, 5) is 4.46. The van der Waals surface area contributed by atoms with E-state index in [2.05, 4.69) is 10.1 Å². The van der Waals surface area contributed by atoms with Crippen molar-refractivity contribution in [3.05, 3.63) is 11.7 Å². The van der Waals surface area contributed by atoms with Crippen molar-refractivity contribution in [3.63, 3.8) is 0 Å². The molecule has 6 nitrogen and oxygen atoms in total. The molecule has 2 aliphatic rings. The Morgan fingerprint density at radius 1 is 1.53 bits per heavy atom. The van der Waals surface area contributed by atoms with Crippen LogP contribution < -0.4 is 0 Å². The van der Waals surface area contributed by atoms with E-state index in [0.717, 1.165) is 19.3 Å². The monoisotopic (exact) mass is 285 g/mol. The first-order valence-corrected chi connectivity index (χ1v) is 8.59. The highest BCUT2D eigenvalue weighted by Crippen LogP contribution is 2.49. The first kappa shape index (κ1) is 13.1. The molecule has 0 N–H and O–H groups in total. The molecule has 19 heavy (non-hydrogen) atoms. The SMILES string of the molecule is CCc1nc([C@@]23CCC[C@@H]2CN(S(C)(=O)=O)C3)no1. The van der Waals surface area contributed by atoms with Crippen LogP contribution >= 0.6 is 0 Å². The van der Waals surface area contributed by atoms with E-state index >= 15 is 0 Å². The van der Waals surface area contributed by atoms with Gasteiger partial charge < -0.3 is 4.52 Å². The zero-order valence-corrected chi connectivity index (χ0v) is 12.1. The van der Waals surface area contributed by atoms with Crippen molar-refractivity contribution in [1.29, 1.82) is 0 Å². The van der Waals surface area contributed by atoms with Crippen molar-refractivity contribution in [3.8, 4) is 0 Å². The van der Waals surface area contributed by atoms with E-state index in [1.54, 1.807) is 4.31 Å². The number of fused-ring (bicyclic) bond motifs is 1. The molecule has 0 amide bonds. The summed E-state index contributed by atoms with van der Waals surface area (Å²) < 4.78 is 30.3. The topological polar surface area (TPSA) is 76.3 Å². The molecule has 1 aromatic heterocycles. The van der Waals surface area contributed by atoms with Gasteiger partial charge in [0.15, 0.2) is 5.82 Å². The van der Waals surface area contributed by atoms with Crippen LogP contribution in [0.3, 0.4) is 0 Å². The molecule has 1 saturated carbocycles. The fourth-order valence-corrected chi connectivity index (χ4v) is 4.38. The van der Waals surface area contributed by atoms with E-state index in [1.807, 2.05) is 6.92 Å². The average Bonchev–Trinajstić information content (AvgIpc) is 3.00. The molecule has 0 aromatic carbocycles. The summed E-state index contributed by atoms with van der Waals surface area (Å²) in [5, 5.41) is 4.11. The number of rotatable bonds is 3. The summed E-state index contributed by atoms with van der Waals surface area (Å²) >= 11 is 0. The van der Waals surface area contributed by atoms with Gasteiger partial charge in [-0.15, -0.1) is 0 Å². The van der Waals surface area contributed by atoms with Gasteiger partial charge in [-0.2, -0.15) is 4.98 Å². The fraction of sp³-hybridized carbons (Fsp3) is 0.833. The van der Waals surface area contributed by atoms with Crippen LogP contribution in [0.15, 0.2) is 4.52 Å². The number of aromatic nitrogens is 2. The maximum Gasteiger partial charge on any atom is 0.226 e. The van der Waals surface area contributed by atoms with Gasteiger partial charge in [0.2, 0.25) is 15.9 Å². The molecule has 3 rings (SSSR count). The van der Waals surface area contributed by atoms with Gasteiger partial charge in [0.25, 0.3) is 0 Å². The molecule has 1 aliphatic carbocycles. The van der Waals surface area contributed by atoms with Crippen molar-refractivity contribution in [2.24, 2.45) is 5.92 Å². The fourth-order valence-electron chi connectivity index (χ4n) is 3.46. The number of sulfonamides is 1. The minimum Gasteiger partial charge on any atom is -0.339 e. The van der Waals surface area contributed by atoms with Crippen LogP contribution in [0.5, 0.6) is 0 Å². The summed E-state index contributed by atoms with van der Waals surface area (Å²) in [6, 6.07) is 0. The predicted octanol–water partition coefficient (Wildman–Crippen LogP) is 0.945. The molecule has 1 aliphatic heterocycles. The third-order valence-corrected chi connectivity index (χ3v) is 5.74. The van der Waals surface area contributed by atoms with Crippen molar-refractivity contribution in [1.82, 2.24) is 14.4 Å². The van der Waals surface area contributed by atoms with Gasteiger partial charge in [-0.1, -0.05) is 18.5 Å². The molecule has 0 bridgehead atoms. The predicted molar refractivity (Wildman–Crippen MR) is 69.1 cm³/mol. The third-order valence-electron chi connectivity index (χ3n) is 4.52. The van der Waals surface area contributed by atoms with E-state index < -0.39 is 10.0 Å². The Labute approximate surface area is 113 Å². The number of aryl methyl sites for hydroxylation is 1. The molecular formula is C12H19N3O3S. The standard InChI is InChI=1S/C12H19N3O3S/c1-3-10-13-11(14-18-10)12-6-4-5-9(12)7-15(8-12)19(2,16)17/h9H,3-8H2,1-2H3/t9-,12-/m1/s1. The van der Waals surface area contributed by atoms with Gasteiger partial charge >= 0.3 is 0 Å². The van der Waals surface area contributed by atoms with Crippen LogP contribution in [-0.4, -0.2) is 42.2 Å². The molecule has 0 unspecified atom stereocenters. The zero-order chi connectivity index (χ0) is 13.7. The quantitative estimate of drug-likeness (QED) is 0.826. The molecular weight excluding hydrogens is 266 g/mol. The maximum absolute atomic E-state index is 11.8. The Hall–Kier alpha value is -0.950. The smallest absolute Gasteiger partial charge is 0.226 e. The molecule has 2 atom stereocenters. The molecule has 0 radical (unpaired) electrons. The minimum atomic E-state index is -3.14. The lowest BCUT2D eigenvalue weighted by Crippen LogP contribution is -2.35. The summed E-state index contributed by atoms with van der Waals surface area (Å²) in [6.45, 7) is 3.06. The molecule has 1 aromatic rings. The van der Waals surface area contributed by atoms with Crippen LogP contribution in [0.25, 0.3) is 0 Å². The highest BCUT2D eigenvalue weighted by Gasteiger charge is 2.55. The second-order valence-corrected chi connectivity index (χ2v) is 7.65. The summed E-state index contributed by atoms with van der Waals surface area (Å²) in [5.74, 6) is 1.66. The summed E-state index contributed by atoms with van der Waals surface area (Å²) in [7, 11) is -3.14. The summed E-state index contributed by atoms with van der Waals surface area (Å²) in [6.07, 6.45) is 5.09. The van der Waals surface area contributed by atoms with Crippen molar-refractivity contribution < 1.29 is 12.9 Å². The van der Waals surface area contributed by atoms with E-state index in [0.29, 0.717) is 37.1 Å². The van der Waals surface area contributed by atoms with E-state index in [4.69, 9.17) is 4.52 Å². The van der Waals surface area contributed by atoms with Crippen LogP contribution in [-0.2, 0) is 21.9 Å².